The molecule has 0 radical (unpaired) electrons. The van der Waals surface area contributed by atoms with Gasteiger partial charge in [-0.1, -0.05) is 19.9 Å². The van der Waals surface area contributed by atoms with Crippen molar-refractivity contribution in [3.63, 3.8) is 0 Å². The number of hydrogen-bond acceptors (Lipinski definition) is 2. The molecule has 0 aliphatic carbocycles. The first-order chi connectivity index (χ1) is 8.86. The van der Waals surface area contributed by atoms with Gasteiger partial charge in [0.25, 0.3) is 0 Å². The molecule has 1 atom stereocenters. The van der Waals surface area contributed by atoms with Crippen molar-refractivity contribution in [1.29, 1.82) is 0 Å². The number of halogens is 1. The number of likely N-dealkylation sites (N-methyl/N-ethyl adjacent to an activating group) is 2. The molecule has 1 unspecified atom stereocenters. The monoisotopic (exact) mass is 266 g/mol. The molecule has 1 rings (SSSR count). The van der Waals surface area contributed by atoms with Gasteiger partial charge < -0.3 is 5.32 Å². The molecule has 0 aliphatic heterocycles. The van der Waals surface area contributed by atoms with Crippen molar-refractivity contribution in [1.82, 2.24) is 10.2 Å². The Labute approximate surface area is 117 Å². The minimum Gasteiger partial charge on any atom is -0.311 e. The largest absolute Gasteiger partial charge is 0.311 e. The Balaban J connectivity index is 3.18. The standard InChI is InChI=1S/C16H27FN2/c1-7-19(8-2)16(4,5)15(18-6)13-9-12(3)10-14(17)11-13/h9-11,15,18H,7-8H2,1-6H3. The van der Waals surface area contributed by atoms with Crippen LogP contribution in [0, 0.1) is 12.7 Å². The van der Waals surface area contributed by atoms with E-state index in [9.17, 15) is 4.39 Å². The fourth-order valence-electron chi connectivity index (χ4n) is 3.08. The van der Waals surface area contributed by atoms with E-state index in [1.54, 1.807) is 12.1 Å². The van der Waals surface area contributed by atoms with Gasteiger partial charge in [0.1, 0.15) is 5.82 Å². The van der Waals surface area contributed by atoms with Crippen molar-refractivity contribution < 1.29 is 4.39 Å². The van der Waals surface area contributed by atoms with Crippen molar-refractivity contribution in [3.05, 3.63) is 35.1 Å². The van der Waals surface area contributed by atoms with Crippen LogP contribution in [-0.2, 0) is 0 Å². The van der Waals surface area contributed by atoms with Gasteiger partial charge in [-0.15, -0.1) is 0 Å². The highest BCUT2D eigenvalue weighted by Crippen LogP contribution is 2.31. The normalized spacial score (nSPS) is 13.9. The van der Waals surface area contributed by atoms with Crippen LogP contribution in [0.3, 0.4) is 0 Å². The van der Waals surface area contributed by atoms with E-state index in [1.807, 2.05) is 14.0 Å². The molecule has 0 saturated heterocycles. The molecule has 3 heteroatoms. The van der Waals surface area contributed by atoms with Crippen molar-refractivity contribution in [3.8, 4) is 0 Å². The van der Waals surface area contributed by atoms with Crippen LogP contribution in [0.4, 0.5) is 4.39 Å². The summed E-state index contributed by atoms with van der Waals surface area (Å²) in [5.41, 5.74) is 1.90. The molecule has 0 aromatic heterocycles. The molecular weight excluding hydrogens is 239 g/mol. The molecule has 0 spiro atoms. The molecule has 19 heavy (non-hydrogen) atoms. The number of aryl methyl sites for hydroxylation is 1. The molecular formula is C16H27FN2. The Bertz CT molecular complexity index is 391. The van der Waals surface area contributed by atoms with Gasteiger partial charge in [0.15, 0.2) is 0 Å². The van der Waals surface area contributed by atoms with Crippen molar-refractivity contribution >= 4 is 0 Å². The summed E-state index contributed by atoms with van der Waals surface area (Å²) < 4.78 is 13.6. The lowest BCUT2D eigenvalue weighted by atomic mass is 9.86. The molecule has 1 N–H and O–H groups in total. The summed E-state index contributed by atoms with van der Waals surface area (Å²) in [6, 6.07) is 5.37. The minimum atomic E-state index is -0.161. The molecule has 1 aromatic carbocycles. The van der Waals surface area contributed by atoms with Crippen LogP contribution in [0.1, 0.15) is 44.9 Å². The van der Waals surface area contributed by atoms with Crippen LogP contribution in [0.5, 0.6) is 0 Å². The van der Waals surface area contributed by atoms with E-state index in [1.165, 1.54) is 0 Å². The number of hydrogen-bond donors (Lipinski definition) is 1. The molecule has 108 valence electrons. The summed E-state index contributed by atoms with van der Waals surface area (Å²) in [7, 11) is 1.94. The fourth-order valence-corrected chi connectivity index (χ4v) is 3.08. The molecule has 2 nitrogen and oxygen atoms in total. The number of nitrogens with zero attached hydrogens (tertiary/aromatic N) is 1. The molecule has 0 amide bonds. The molecule has 0 heterocycles. The van der Waals surface area contributed by atoms with Crippen LogP contribution >= 0.6 is 0 Å². The maximum absolute atomic E-state index is 13.6. The smallest absolute Gasteiger partial charge is 0.123 e. The Morgan fingerprint density at radius 2 is 1.79 bits per heavy atom. The van der Waals surface area contributed by atoms with Gasteiger partial charge in [-0.3, -0.25) is 4.90 Å². The first-order valence-electron chi connectivity index (χ1n) is 7.06. The van der Waals surface area contributed by atoms with Crippen LogP contribution in [0.15, 0.2) is 18.2 Å². The van der Waals surface area contributed by atoms with Crippen LogP contribution in [-0.4, -0.2) is 30.6 Å². The third-order valence-electron chi connectivity index (χ3n) is 3.97. The average Bonchev–Trinajstić information content (AvgIpc) is 2.29. The maximum Gasteiger partial charge on any atom is 0.123 e. The highest BCUT2D eigenvalue weighted by Gasteiger charge is 2.34. The van der Waals surface area contributed by atoms with Crippen LogP contribution in [0.25, 0.3) is 0 Å². The summed E-state index contributed by atoms with van der Waals surface area (Å²) in [6.07, 6.45) is 0. The topological polar surface area (TPSA) is 15.3 Å². The summed E-state index contributed by atoms with van der Waals surface area (Å²) in [6.45, 7) is 12.6. The lowest BCUT2D eigenvalue weighted by Crippen LogP contribution is -2.52. The summed E-state index contributed by atoms with van der Waals surface area (Å²) in [4.78, 5) is 2.40. The van der Waals surface area contributed by atoms with Crippen molar-refractivity contribution in [2.75, 3.05) is 20.1 Å². The Hall–Kier alpha value is -0.930. The second-order valence-electron chi connectivity index (χ2n) is 5.61. The predicted octanol–water partition coefficient (Wildman–Crippen LogP) is 3.52. The summed E-state index contributed by atoms with van der Waals surface area (Å²) in [5, 5.41) is 3.35. The molecule has 1 aromatic rings. The van der Waals surface area contributed by atoms with Gasteiger partial charge in [0.05, 0.1) is 6.04 Å². The Kier molecular flexibility index (Phi) is 5.50. The molecule has 0 bridgehead atoms. The van der Waals surface area contributed by atoms with E-state index >= 15 is 0 Å². The third kappa shape index (κ3) is 3.54. The first-order valence-corrected chi connectivity index (χ1v) is 7.06. The molecule has 0 fully saturated rings. The highest BCUT2D eigenvalue weighted by molar-refractivity contribution is 5.28. The lowest BCUT2D eigenvalue weighted by Gasteiger charge is -2.43. The van der Waals surface area contributed by atoms with Gasteiger partial charge >= 0.3 is 0 Å². The second kappa shape index (κ2) is 6.49. The number of rotatable bonds is 6. The van der Waals surface area contributed by atoms with E-state index in [0.29, 0.717) is 0 Å². The number of nitrogens with one attached hydrogen (secondary N) is 1. The van der Waals surface area contributed by atoms with Gasteiger partial charge in [-0.05, 0) is 64.2 Å². The van der Waals surface area contributed by atoms with E-state index in [-0.39, 0.29) is 17.4 Å². The van der Waals surface area contributed by atoms with Crippen molar-refractivity contribution in [2.24, 2.45) is 0 Å². The predicted molar refractivity (Wildman–Crippen MR) is 79.9 cm³/mol. The quantitative estimate of drug-likeness (QED) is 0.847. The fraction of sp³-hybridized carbons (Fsp3) is 0.625. The van der Waals surface area contributed by atoms with Gasteiger partial charge in [0, 0.05) is 5.54 Å². The summed E-state index contributed by atoms with van der Waals surface area (Å²) >= 11 is 0. The van der Waals surface area contributed by atoms with E-state index in [0.717, 1.165) is 24.2 Å². The summed E-state index contributed by atoms with van der Waals surface area (Å²) in [5.74, 6) is -0.161. The second-order valence-corrected chi connectivity index (χ2v) is 5.61. The van der Waals surface area contributed by atoms with Gasteiger partial charge in [-0.2, -0.15) is 0 Å². The number of benzene rings is 1. The van der Waals surface area contributed by atoms with E-state index in [4.69, 9.17) is 0 Å². The van der Waals surface area contributed by atoms with Crippen LogP contribution < -0.4 is 5.32 Å². The Morgan fingerprint density at radius 1 is 1.21 bits per heavy atom. The average molecular weight is 266 g/mol. The van der Waals surface area contributed by atoms with Crippen molar-refractivity contribution in [2.45, 2.75) is 46.2 Å². The highest BCUT2D eigenvalue weighted by atomic mass is 19.1. The van der Waals surface area contributed by atoms with Crippen LogP contribution in [0.2, 0.25) is 0 Å². The maximum atomic E-state index is 13.6. The van der Waals surface area contributed by atoms with E-state index < -0.39 is 0 Å². The lowest BCUT2D eigenvalue weighted by molar-refractivity contribution is 0.0943. The van der Waals surface area contributed by atoms with Gasteiger partial charge in [-0.25, -0.2) is 4.39 Å². The van der Waals surface area contributed by atoms with Gasteiger partial charge in [0.2, 0.25) is 0 Å². The van der Waals surface area contributed by atoms with E-state index in [2.05, 4.69) is 44.0 Å². The zero-order valence-corrected chi connectivity index (χ0v) is 13.0. The first kappa shape index (κ1) is 16.1. The third-order valence-corrected chi connectivity index (χ3v) is 3.97. The Morgan fingerprint density at radius 3 is 2.21 bits per heavy atom. The molecule has 0 aliphatic rings. The zero-order valence-electron chi connectivity index (χ0n) is 13.0. The SMILES string of the molecule is CCN(CC)C(C)(C)C(NC)c1cc(C)cc(F)c1. The zero-order chi connectivity index (χ0) is 14.6. The molecule has 0 saturated carbocycles. The minimum absolute atomic E-state index is 0.0709.